The third-order valence-electron chi connectivity index (χ3n) is 3.82. The molecule has 1 aliphatic heterocycles. The van der Waals surface area contributed by atoms with Crippen LogP contribution in [0.3, 0.4) is 0 Å². The van der Waals surface area contributed by atoms with Crippen molar-refractivity contribution >= 4 is 33.2 Å². The first-order valence-electron chi connectivity index (χ1n) is 7.50. The summed E-state index contributed by atoms with van der Waals surface area (Å²) in [4.78, 5) is 18.8. The topological polar surface area (TPSA) is 45.2 Å². The van der Waals surface area contributed by atoms with E-state index in [4.69, 9.17) is 0 Å². The van der Waals surface area contributed by atoms with Crippen LogP contribution in [0, 0.1) is 0 Å². The average Bonchev–Trinajstić information content (AvgIpc) is 2.56. The maximum Gasteiger partial charge on any atom is 0.257 e. The lowest BCUT2D eigenvalue weighted by atomic mass is 10.1. The number of benzene rings is 1. The summed E-state index contributed by atoms with van der Waals surface area (Å²) in [6, 6.07) is 9.75. The van der Waals surface area contributed by atoms with Crippen LogP contribution in [0.15, 0.2) is 47.2 Å². The fourth-order valence-electron chi connectivity index (χ4n) is 2.72. The van der Waals surface area contributed by atoms with Crippen LogP contribution >= 0.6 is 15.9 Å². The van der Waals surface area contributed by atoms with Crippen molar-refractivity contribution in [2.75, 3.05) is 23.3 Å². The first kappa shape index (κ1) is 15.0. The molecule has 2 heterocycles. The zero-order valence-corrected chi connectivity index (χ0v) is 13.8. The summed E-state index contributed by atoms with van der Waals surface area (Å²) in [5, 5.41) is 3.01. The normalized spacial score (nSPS) is 14.7. The number of hydrogen-bond acceptors (Lipinski definition) is 3. The molecule has 1 aliphatic rings. The van der Waals surface area contributed by atoms with Gasteiger partial charge in [-0.2, -0.15) is 0 Å². The Morgan fingerprint density at radius 1 is 1.14 bits per heavy atom. The van der Waals surface area contributed by atoms with Crippen LogP contribution in [-0.2, 0) is 0 Å². The zero-order chi connectivity index (χ0) is 15.4. The highest BCUT2D eigenvalue weighted by Gasteiger charge is 2.16. The summed E-state index contributed by atoms with van der Waals surface area (Å²) in [7, 11) is 0. The molecule has 1 aromatic carbocycles. The second-order valence-electron chi connectivity index (χ2n) is 5.41. The van der Waals surface area contributed by atoms with E-state index in [1.54, 1.807) is 18.5 Å². The van der Waals surface area contributed by atoms with Gasteiger partial charge in [0.25, 0.3) is 5.91 Å². The maximum atomic E-state index is 12.4. The number of hydrogen-bond donors (Lipinski definition) is 1. The Morgan fingerprint density at radius 2 is 1.91 bits per heavy atom. The summed E-state index contributed by atoms with van der Waals surface area (Å²) in [5.41, 5.74) is 2.50. The van der Waals surface area contributed by atoms with Gasteiger partial charge in [-0.05, 0) is 53.4 Å². The van der Waals surface area contributed by atoms with Gasteiger partial charge in [0.15, 0.2) is 0 Å². The molecule has 1 amide bonds. The average molecular weight is 360 g/mol. The van der Waals surface area contributed by atoms with E-state index in [2.05, 4.69) is 37.2 Å². The van der Waals surface area contributed by atoms with Crippen LogP contribution in [-0.4, -0.2) is 24.0 Å². The number of para-hydroxylation sites is 2. The molecular formula is C17H18BrN3O. The third-order valence-corrected chi connectivity index (χ3v) is 4.25. The Hall–Kier alpha value is -1.88. The van der Waals surface area contributed by atoms with Gasteiger partial charge in [-0.15, -0.1) is 0 Å². The molecule has 0 unspecified atom stereocenters. The molecule has 5 heteroatoms. The molecule has 0 aliphatic carbocycles. The lowest BCUT2D eigenvalue weighted by molar-refractivity contribution is 0.102. The van der Waals surface area contributed by atoms with Gasteiger partial charge >= 0.3 is 0 Å². The Labute approximate surface area is 138 Å². The van der Waals surface area contributed by atoms with Crippen LogP contribution < -0.4 is 10.2 Å². The molecule has 0 bridgehead atoms. The van der Waals surface area contributed by atoms with E-state index in [1.165, 1.54) is 19.3 Å². The molecule has 1 fully saturated rings. The van der Waals surface area contributed by atoms with E-state index >= 15 is 0 Å². The maximum absolute atomic E-state index is 12.4. The second-order valence-corrected chi connectivity index (χ2v) is 6.33. The zero-order valence-electron chi connectivity index (χ0n) is 12.3. The van der Waals surface area contributed by atoms with Gasteiger partial charge in [0.2, 0.25) is 0 Å². The van der Waals surface area contributed by atoms with Crippen LogP contribution in [0.1, 0.15) is 29.6 Å². The number of nitrogens with zero attached hydrogens (tertiary/aromatic N) is 2. The van der Waals surface area contributed by atoms with Crippen LogP contribution in [0.2, 0.25) is 0 Å². The molecule has 3 rings (SSSR count). The summed E-state index contributed by atoms with van der Waals surface area (Å²) >= 11 is 3.34. The number of aromatic nitrogens is 1. The van der Waals surface area contributed by atoms with Crippen molar-refractivity contribution in [3.63, 3.8) is 0 Å². The van der Waals surface area contributed by atoms with E-state index < -0.39 is 0 Å². The van der Waals surface area contributed by atoms with E-state index in [0.717, 1.165) is 28.9 Å². The molecule has 1 aromatic heterocycles. The van der Waals surface area contributed by atoms with Crippen LogP contribution in [0.5, 0.6) is 0 Å². The number of pyridine rings is 1. The van der Waals surface area contributed by atoms with Gasteiger partial charge in [-0.1, -0.05) is 12.1 Å². The van der Waals surface area contributed by atoms with Gasteiger partial charge in [-0.3, -0.25) is 9.78 Å². The van der Waals surface area contributed by atoms with Crippen molar-refractivity contribution in [3.05, 3.63) is 52.8 Å². The van der Waals surface area contributed by atoms with E-state index in [-0.39, 0.29) is 5.91 Å². The number of carbonyl (C=O) groups excluding carboxylic acids is 1. The van der Waals surface area contributed by atoms with Crippen molar-refractivity contribution in [1.82, 2.24) is 4.98 Å². The molecule has 2 aromatic rings. The third kappa shape index (κ3) is 3.47. The quantitative estimate of drug-likeness (QED) is 0.897. The molecule has 1 N–H and O–H groups in total. The Morgan fingerprint density at radius 3 is 2.68 bits per heavy atom. The number of halogens is 1. The highest BCUT2D eigenvalue weighted by Crippen LogP contribution is 2.28. The highest BCUT2D eigenvalue weighted by atomic mass is 79.9. The predicted octanol–water partition coefficient (Wildman–Crippen LogP) is 4.09. The SMILES string of the molecule is O=C(Nc1ccccc1N1CCCCC1)c1cncc(Br)c1. The minimum atomic E-state index is -0.141. The first-order chi connectivity index (χ1) is 10.7. The molecule has 1 saturated heterocycles. The largest absolute Gasteiger partial charge is 0.370 e. The minimum absolute atomic E-state index is 0.141. The van der Waals surface area contributed by atoms with Crippen molar-refractivity contribution in [1.29, 1.82) is 0 Å². The fraction of sp³-hybridized carbons (Fsp3) is 0.294. The molecule has 0 atom stereocenters. The molecular weight excluding hydrogens is 342 g/mol. The number of amides is 1. The molecule has 0 radical (unpaired) electrons. The lowest BCUT2D eigenvalue weighted by Gasteiger charge is -2.30. The van der Waals surface area contributed by atoms with E-state index in [1.807, 2.05) is 18.2 Å². The fourth-order valence-corrected chi connectivity index (χ4v) is 3.09. The van der Waals surface area contributed by atoms with E-state index in [9.17, 15) is 4.79 Å². The molecule has 0 spiro atoms. The van der Waals surface area contributed by atoms with Crippen molar-refractivity contribution < 1.29 is 4.79 Å². The van der Waals surface area contributed by atoms with Crippen LogP contribution in [0.25, 0.3) is 0 Å². The smallest absolute Gasteiger partial charge is 0.257 e. The van der Waals surface area contributed by atoms with Crippen molar-refractivity contribution in [3.8, 4) is 0 Å². The lowest BCUT2D eigenvalue weighted by Crippen LogP contribution is -2.30. The summed E-state index contributed by atoms with van der Waals surface area (Å²) < 4.78 is 0.796. The molecule has 114 valence electrons. The second kappa shape index (κ2) is 6.92. The van der Waals surface area contributed by atoms with E-state index in [0.29, 0.717) is 5.56 Å². The standard InChI is InChI=1S/C17H18BrN3O/c18-14-10-13(11-19-12-14)17(22)20-15-6-2-3-7-16(15)21-8-4-1-5-9-21/h2-3,6-7,10-12H,1,4-5,8-9H2,(H,20,22). The summed E-state index contributed by atoms with van der Waals surface area (Å²) in [6.07, 6.45) is 6.94. The number of carbonyl (C=O) groups is 1. The van der Waals surface area contributed by atoms with Gasteiger partial charge < -0.3 is 10.2 Å². The Balaban J connectivity index is 1.81. The number of anilines is 2. The number of nitrogens with one attached hydrogen (secondary N) is 1. The first-order valence-corrected chi connectivity index (χ1v) is 8.29. The molecule has 4 nitrogen and oxygen atoms in total. The van der Waals surface area contributed by atoms with Crippen molar-refractivity contribution in [2.45, 2.75) is 19.3 Å². The summed E-state index contributed by atoms with van der Waals surface area (Å²) in [5.74, 6) is -0.141. The van der Waals surface area contributed by atoms with Crippen LogP contribution in [0.4, 0.5) is 11.4 Å². The Bertz CT molecular complexity index is 668. The molecule has 0 saturated carbocycles. The van der Waals surface area contributed by atoms with Gasteiger partial charge in [0, 0.05) is 30.0 Å². The van der Waals surface area contributed by atoms with Gasteiger partial charge in [0.1, 0.15) is 0 Å². The number of piperidine rings is 1. The van der Waals surface area contributed by atoms with Gasteiger partial charge in [0.05, 0.1) is 16.9 Å². The molecule has 22 heavy (non-hydrogen) atoms. The predicted molar refractivity (Wildman–Crippen MR) is 92.4 cm³/mol. The minimum Gasteiger partial charge on any atom is -0.370 e. The summed E-state index contributed by atoms with van der Waals surface area (Å²) in [6.45, 7) is 2.09. The Kier molecular flexibility index (Phi) is 4.73. The number of rotatable bonds is 3. The highest BCUT2D eigenvalue weighted by molar-refractivity contribution is 9.10. The monoisotopic (exact) mass is 359 g/mol. The van der Waals surface area contributed by atoms with Gasteiger partial charge in [-0.25, -0.2) is 0 Å². The van der Waals surface area contributed by atoms with Crippen molar-refractivity contribution in [2.24, 2.45) is 0 Å².